The van der Waals surface area contributed by atoms with Crippen LogP contribution in [-0.2, 0) is 4.79 Å². The minimum absolute atomic E-state index is 0.00776. The van der Waals surface area contributed by atoms with Crippen molar-refractivity contribution in [1.29, 1.82) is 0 Å². The van der Waals surface area contributed by atoms with E-state index in [1.54, 1.807) is 7.11 Å². The van der Waals surface area contributed by atoms with E-state index in [1.165, 1.54) is 17.6 Å². The normalized spacial score (nSPS) is 43.8. The van der Waals surface area contributed by atoms with E-state index in [9.17, 15) is 9.90 Å². The van der Waals surface area contributed by atoms with E-state index < -0.39 is 0 Å². The zero-order valence-electron chi connectivity index (χ0n) is 18.0. The van der Waals surface area contributed by atoms with Crippen LogP contribution in [0.15, 0.2) is 35.9 Å². The lowest BCUT2D eigenvalue weighted by Gasteiger charge is -2.61. The number of allylic oxidation sites excluding steroid dienone is 1. The van der Waals surface area contributed by atoms with E-state index in [0.29, 0.717) is 35.9 Å². The van der Waals surface area contributed by atoms with E-state index >= 15 is 0 Å². The number of aliphatic hydroxyl groups is 1. The molecule has 0 bridgehead atoms. The third-order valence-electron chi connectivity index (χ3n) is 9.42. The van der Waals surface area contributed by atoms with E-state index in [4.69, 9.17) is 4.74 Å². The summed E-state index contributed by atoms with van der Waals surface area (Å²) < 4.78 is 5.40. The number of aliphatic hydroxyl groups excluding tert-OH is 1. The van der Waals surface area contributed by atoms with Gasteiger partial charge in [-0.2, -0.15) is 0 Å². The number of ketones is 1. The maximum atomic E-state index is 12.2. The van der Waals surface area contributed by atoms with Crippen LogP contribution >= 0.6 is 0 Å². The van der Waals surface area contributed by atoms with Crippen molar-refractivity contribution in [2.24, 2.45) is 28.6 Å². The number of carbonyl (C=O) groups is 1. The van der Waals surface area contributed by atoms with Crippen LogP contribution in [0.25, 0.3) is 0 Å². The molecule has 1 aromatic carbocycles. The van der Waals surface area contributed by atoms with Crippen LogP contribution in [0.3, 0.4) is 0 Å². The number of benzene rings is 1. The molecule has 0 aromatic heterocycles. The first-order valence-electron chi connectivity index (χ1n) is 11.4. The maximum absolute atomic E-state index is 12.2. The first-order chi connectivity index (χ1) is 13.9. The molecule has 1 aromatic rings. The zero-order chi connectivity index (χ0) is 20.4. The van der Waals surface area contributed by atoms with Crippen molar-refractivity contribution in [3.63, 3.8) is 0 Å². The Morgan fingerprint density at radius 1 is 1.07 bits per heavy atom. The van der Waals surface area contributed by atoms with Gasteiger partial charge in [-0.1, -0.05) is 31.6 Å². The van der Waals surface area contributed by atoms with E-state index in [-0.39, 0.29) is 16.9 Å². The monoisotopic (exact) mass is 394 g/mol. The zero-order valence-corrected chi connectivity index (χ0v) is 18.0. The largest absolute Gasteiger partial charge is 0.497 e. The summed E-state index contributed by atoms with van der Waals surface area (Å²) >= 11 is 0. The van der Waals surface area contributed by atoms with Gasteiger partial charge in [0.1, 0.15) is 5.75 Å². The second-order valence-electron chi connectivity index (χ2n) is 10.6. The average Bonchev–Trinajstić information content (AvgIpc) is 3.02. The molecule has 7 unspecified atom stereocenters. The second-order valence-corrected chi connectivity index (χ2v) is 10.6. The molecule has 0 amide bonds. The number of rotatable bonds is 2. The first-order valence-corrected chi connectivity index (χ1v) is 11.4. The van der Waals surface area contributed by atoms with Crippen LogP contribution in [0.4, 0.5) is 0 Å². The summed E-state index contributed by atoms with van der Waals surface area (Å²) in [4.78, 5) is 12.2. The molecular weight excluding hydrogens is 360 g/mol. The van der Waals surface area contributed by atoms with Crippen LogP contribution < -0.4 is 4.74 Å². The van der Waals surface area contributed by atoms with Crippen molar-refractivity contribution in [1.82, 2.24) is 0 Å². The van der Waals surface area contributed by atoms with Gasteiger partial charge in [0.2, 0.25) is 0 Å². The van der Waals surface area contributed by atoms with Crippen LogP contribution in [0.2, 0.25) is 0 Å². The van der Waals surface area contributed by atoms with Gasteiger partial charge in [-0.05, 0) is 96.8 Å². The minimum atomic E-state index is -0.188. The molecule has 0 saturated heterocycles. The summed E-state index contributed by atoms with van der Waals surface area (Å²) in [5.74, 6) is 3.41. The molecule has 0 aliphatic heterocycles. The molecule has 1 N–H and O–H groups in total. The van der Waals surface area contributed by atoms with E-state index in [2.05, 4.69) is 38.1 Å². The Bertz CT molecular complexity index is 840. The van der Waals surface area contributed by atoms with Gasteiger partial charge in [0.25, 0.3) is 0 Å². The molecule has 5 rings (SSSR count). The number of methoxy groups -OCH3 is 1. The predicted octanol–water partition coefficient (Wildman–Crippen LogP) is 5.28. The molecule has 3 fully saturated rings. The number of hydrogen-bond donors (Lipinski definition) is 1. The highest BCUT2D eigenvalue weighted by Crippen LogP contribution is 2.68. The molecule has 156 valence electrons. The van der Waals surface area contributed by atoms with Gasteiger partial charge in [-0.25, -0.2) is 0 Å². The highest BCUT2D eigenvalue weighted by molar-refractivity contribution is 5.91. The lowest BCUT2D eigenvalue weighted by molar-refractivity contribution is -0.118. The fourth-order valence-electron chi connectivity index (χ4n) is 7.89. The molecule has 4 aliphatic rings. The number of carbonyl (C=O) groups excluding carboxylic acids is 1. The van der Waals surface area contributed by atoms with Gasteiger partial charge in [0.15, 0.2) is 5.78 Å². The second kappa shape index (κ2) is 6.70. The molecular formula is C26H34O3. The Labute approximate surface area is 174 Å². The summed E-state index contributed by atoms with van der Waals surface area (Å²) in [5, 5.41) is 11.0. The third-order valence-corrected chi connectivity index (χ3v) is 9.42. The number of fused-ring (bicyclic) bond motifs is 5. The first kappa shape index (κ1) is 19.4. The summed E-state index contributed by atoms with van der Waals surface area (Å²) in [6.45, 7) is 4.78. The third kappa shape index (κ3) is 2.76. The van der Waals surface area contributed by atoms with Gasteiger partial charge in [0.05, 0.1) is 13.2 Å². The molecule has 0 spiro atoms. The predicted molar refractivity (Wildman–Crippen MR) is 114 cm³/mol. The van der Waals surface area contributed by atoms with Crippen molar-refractivity contribution < 1.29 is 14.6 Å². The fourth-order valence-corrected chi connectivity index (χ4v) is 7.89. The molecule has 3 heteroatoms. The molecule has 0 heterocycles. The van der Waals surface area contributed by atoms with Gasteiger partial charge in [-0.15, -0.1) is 0 Å². The topological polar surface area (TPSA) is 46.5 Å². The summed E-state index contributed by atoms with van der Waals surface area (Å²) in [5.41, 5.74) is 2.89. The lowest BCUT2D eigenvalue weighted by atomic mass is 9.44. The molecule has 0 radical (unpaired) electrons. The minimum Gasteiger partial charge on any atom is -0.497 e. The standard InChI is InChI=1S/C26H34O3/c1-25-13-12-18(27)14-17(25)6-9-20-22-10-11-23(28)26(22,2)15-21(24(20)25)16-4-7-19(29-3)8-5-16/h4-5,7-8,14,20-24,28H,6,9-13,15H2,1-3H3. The summed E-state index contributed by atoms with van der Waals surface area (Å²) in [6, 6.07) is 8.63. The Kier molecular flexibility index (Phi) is 4.47. The Balaban J connectivity index is 1.62. The lowest BCUT2D eigenvalue weighted by Crippen LogP contribution is -2.54. The van der Waals surface area contributed by atoms with Gasteiger partial charge in [-0.3, -0.25) is 4.79 Å². The van der Waals surface area contributed by atoms with Crippen molar-refractivity contribution in [3.05, 3.63) is 41.5 Å². The van der Waals surface area contributed by atoms with Crippen molar-refractivity contribution in [2.75, 3.05) is 7.11 Å². The maximum Gasteiger partial charge on any atom is 0.155 e. The molecule has 4 aliphatic carbocycles. The van der Waals surface area contributed by atoms with Gasteiger partial charge < -0.3 is 9.84 Å². The molecule has 3 nitrogen and oxygen atoms in total. The highest BCUT2D eigenvalue weighted by atomic mass is 16.5. The van der Waals surface area contributed by atoms with Crippen LogP contribution in [0.5, 0.6) is 5.75 Å². The SMILES string of the molecule is COc1ccc(C2CC3(C)C(O)CCC3C3CCC4=CC(=O)CCC4(C)C23)cc1. The Hall–Kier alpha value is -1.61. The number of ether oxygens (including phenoxy) is 1. The van der Waals surface area contributed by atoms with Crippen molar-refractivity contribution in [3.8, 4) is 5.75 Å². The Morgan fingerprint density at radius 2 is 1.83 bits per heavy atom. The smallest absolute Gasteiger partial charge is 0.155 e. The molecule has 29 heavy (non-hydrogen) atoms. The van der Waals surface area contributed by atoms with Crippen molar-refractivity contribution >= 4 is 5.78 Å². The van der Waals surface area contributed by atoms with E-state index in [1.807, 2.05) is 6.08 Å². The van der Waals surface area contributed by atoms with Crippen LogP contribution in [0.1, 0.15) is 70.3 Å². The van der Waals surface area contributed by atoms with Gasteiger partial charge in [0, 0.05) is 6.42 Å². The fraction of sp³-hybridized carbons (Fsp3) is 0.654. The molecule has 7 atom stereocenters. The summed E-state index contributed by atoms with van der Waals surface area (Å²) in [6.07, 6.45) is 8.83. The van der Waals surface area contributed by atoms with Gasteiger partial charge >= 0.3 is 0 Å². The highest BCUT2D eigenvalue weighted by Gasteiger charge is 2.62. The average molecular weight is 395 g/mol. The Morgan fingerprint density at radius 3 is 2.55 bits per heavy atom. The molecule has 3 saturated carbocycles. The summed E-state index contributed by atoms with van der Waals surface area (Å²) in [7, 11) is 1.71. The number of hydrogen-bond acceptors (Lipinski definition) is 3. The van der Waals surface area contributed by atoms with E-state index in [0.717, 1.165) is 37.9 Å². The van der Waals surface area contributed by atoms with Crippen LogP contribution in [0, 0.1) is 28.6 Å². The van der Waals surface area contributed by atoms with Crippen molar-refractivity contribution in [2.45, 2.75) is 70.8 Å². The quantitative estimate of drug-likeness (QED) is 0.742. The van der Waals surface area contributed by atoms with Crippen LogP contribution in [-0.4, -0.2) is 24.1 Å².